The molecule has 20 heavy (non-hydrogen) atoms. The highest BCUT2D eigenvalue weighted by molar-refractivity contribution is 6.03. The van der Waals surface area contributed by atoms with Gasteiger partial charge in [0.1, 0.15) is 0 Å². The number of ketones is 1. The van der Waals surface area contributed by atoms with Crippen LogP contribution in [0.1, 0.15) is 39.5 Å². The largest absolute Gasteiger partial charge is 0.374 e. The van der Waals surface area contributed by atoms with Gasteiger partial charge in [-0.05, 0) is 39.8 Å². The van der Waals surface area contributed by atoms with Gasteiger partial charge in [-0.3, -0.25) is 4.79 Å². The Balaban J connectivity index is 2.28. The number of Topliss-reactive ketones (excluding diaryl/α,β-unsaturated/α-hetero) is 1. The number of carbonyl (C=O) groups is 1. The molecule has 0 aromatic carbocycles. The van der Waals surface area contributed by atoms with Crippen LogP contribution in [0.3, 0.4) is 0 Å². The van der Waals surface area contributed by atoms with E-state index in [2.05, 4.69) is 35.8 Å². The topological polar surface area (TPSA) is 23.6 Å². The van der Waals surface area contributed by atoms with Crippen LogP contribution in [0, 0.1) is 5.41 Å². The van der Waals surface area contributed by atoms with Crippen LogP contribution in [0.2, 0.25) is 0 Å². The van der Waals surface area contributed by atoms with E-state index in [1.807, 2.05) is 14.1 Å². The van der Waals surface area contributed by atoms with Gasteiger partial charge in [-0.2, -0.15) is 0 Å². The van der Waals surface area contributed by atoms with Crippen molar-refractivity contribution in [1.82, 2.24) is 9.80 Å². The Hall–Kier alpha value is -1.09. The first kappa shape index (κ1) is 15.3. The van der Waals surface area contributed by atoms with E-state index in [-0.39, 0.29) is 5.41 Å². The SMILES string of the molecule is CN(C)C/C=C\C1=C(N2CCCC2)CCC(C)(C)C1=O. The summed E-state index contributed by atoms with van der Waals surface area (Å²) in [6, 6.07) is 0. The van der Waals surface area contributed by atoms with Crippen LogP contribution in [0.5, 0.6) is 0 Å². The maximum Gasteiger partial charge on any atom is 0.170 e. The van der Waals surface area contributed by atoms with Crippen molar-refractivity contribution in [2.75, 3.05) is 33.7 Å². The van der Waals surface area contributed by atoms with Gasteiger partial charge in [-0.1, -0.05) is 26.0 Å². The van der Waals surface area contributed by atoms with Gasteiger partial charge in [-0.25, -0.2) is 0 Å². The van der Waals surface area contributed by atoms with Crippen LogP contribution >= 0.6 is 0 Å². The van der Waals surface area contributed by atoms with Crippen molar-refractivity contribution in [3.05, 3.63) is 23.4 Å². The van der Waals surface area contributed by atoms with Crippen LogP contribution in [-0.2, 0) is 4.79 Å². The molecule has 0 aromatic heterocycles. The second-order valence-electron chi connectivity index (χ2n) is 6.93. The van der Waals surface area contributed by atoms with Crippen molar-refractivity contribution in [2.45, 2.75) is 39.5 Å². The summed E-state index contributed by atoms with van der Waals surface area (Å²) in [5.74, 6) is 0.320. The van der Waals surface area contributed by atoms with Crippen LogP contribution in [0.25, 0.3) is 0 Å². The summed E-state index contributed by atoms with van der Waals surface area (Å²) in [6.45, 7) is 7.28. The van der Waals surface area contributed by atoms with Gasteiger partial charge in [0, 0.05) is 36.3 Å². The lowest BCUT2D eigenvalue weighted by molar-refractivity contribution is -0.124. The van der Waals surface area contributed by atoms with Crippen molar-refractivity contribution in [3.8, 4) is 0 Å². The van der Waals surface area contributed by atoms with E-state index in [1.165, 1.54) is 18.5 Å². The fraction of sp³-hybridized carbons (Fsp3) is 0.706. The lowest BCUT2D eigenvalue weighted by Gasteiger charge is -2.34. The summed E-state index contributed by atoms with van der Waals surface area (Å²) < 4.78 is 0. The predicted molar refractivity (Wildman–Crippen MR) is 83.5 cm³/mol. The predicted octanol–water partition coefficient (Wildman–Crippen LogP) is 2.84. The Kier molecular flexibility index (Phi) is 4.69. The molecule has 1 saturated heterocycles. The van der Waals surface area contributed by atoms with E-state index in [1.54, 1.807) is 0 Å². The first-order valence-electron chi connectivity index (χ1n) is 7.76. The second kappa shape index (κ2) is 6.13. The molecule has 3 nitrogen and oxygen atoms in total. The highest BCUT2D eigenvalue weighted by Crippen LogP contribution is 2.38. The minimum atomic E-state index is -0.207. The third-order valence-corrected chi connectivity index (χ3v) is 4.40. The maximum atomic E-state index is 12.7. The Bertz CT molecular complexity index is 426. The lowest BCUT2D eigenvalue weighted by atomic mass is 9.74. The van der Waals surface area contributed by atoms with Gasteiger partial charge in [0.25, 0.3) is 0 Å². The number of nitrogens with zero attached hydrogens (tertiary/aromatic N) is 2. The fourth-order valence-corrected chi connectivity index (χ4v) is 3.04. The molecule has 0 aromatic rings. The molecule has 1 aliphatic heterocycles. The van der Waals surface area contributed by atoms with E-state index in [4.69, 9.17) is 0 Å². The van der Waals surface area contributed by atoms with Gasteiger partial charge in [0.05, 0.1) is 0 Å². The van der Waals surface area contributed by atoms with Crippen molar-refractivity contribution >= 4 is 5.78 Å². The Morgan fingerprint density at radius 2 is 1.90 bits per heavy atom. The third kappa shape index (κ3) is 3.32. The number of carbonyl (C=O) groups excluding carboxylic acids is 1. The zero-order chi connectivity index (χ0) is 14.8. The fourth-order valence-electron chi connectivity index (χ4n) is 3.04. The van der Waals surface area contributed by atoms with Gasteiger partial charge < -0.3 is 9.80 Å². The Morgan fingerprint density at radius 3 is 2.50 bits per heavy atom. The quantitative estimate of drug-likeness (QED) is 0.789. The number of rotatable bonds is 4. The molecule has 0 amide bonds. The number of allylic oxidation sites excluding steroid dienone is 3. The number of hydrogen-bond acceptors (Lipinski definition) is 3. The highest BCUT2D eigenvalue weighted by atomic mass is 16.1. The number of hydrogen-bond donors (Lipinski definition) is 0. The molecule has 1 fully saturated rings. The standard InChI is InChI=1S/C17H28N2O/c1-17(2)10-9-15(19-12-5-6-13-19)14(16(17)20)8-7-11-18(3)4/h7-8H,5-6,9-13H2,1-4H3/b8-7-. The molecule has 2 rings (SSSR count). The van der Waals surface area contributed by atoms with Crippen molar-refractivity contribution < 1.29 is 4.79 Å². The second-order valence-corrected chi connectivity index (χ2v) is 6.93. The first-order valence-corrected chi connectivity index (χ1v) is 7.76. The molecule has 0 N–H and O–H groups in total. The monoisotopic (exact) mass is 276 g/mol. The third-order valence-electron chi connectivity index (χ3n) is 4.40. The van der Waals surface area contributed by atoms with E-state index in [0.717, 1.165) is 38.0 Å². The van der Waals surface area contributed by atoms with Crippen molar-refractivity contribution in [2.24, 2.45) is 5.41 Å². The molecular weight excluding hydrogens is 248 g/mol. The molecule has 0 unspecified atom stereocenters. The average Bonchev–Trinajstić information content (AvgIpc) is 2.88. The van der Waals surface area contributed by atoms with E-state index in [9.17, 15) is 4.79 Å². The summed E-state index contributed by atoms with van der Waals surface area (Å²) in [5.41, 5.74) is 2.05. The molecule has 0 atom stereocenters. The molecule has 2 aliphatic rings. The van der Waals surface area contributed by atoms with E-state index < -0.39 is 0 Å². The lowest BCUT2D eigenvalue weighted by Crippen LogP contribution is -2.34. The average molecular weight is 276 g/mol. The molecule has 1 aliphatic carbocycles. The normalized spacial score (nSPS) is 23.4. The zero-order valence-electron chi connectivity index (χ0n) is 13.4. The van der Waals surface area contributed by atoms with Gasteiger partial charge in [0.2, 0.25) is 0 Å². The van der Waals surface area contributed by atoms with Crippen molar-refractivity contribution in [3.63, 3.8) is 0 Å². The minimum Gasteiger partial charge on any atom is -0.374 e. The number of likely N-dealkylation sites (tertiary alicyclic amines) is 1. The Morgan fingerprint density at radius 1 is 1.25 bits per heavy atom. The maximum absolute atomic E-state index is 12.7. The van der Waals surface area contributed by atoms with Gasteiger partial charge in [-0.15, -0.1) is 0 Å². The summed E-state index contributed by atoms with van der Waals surface area (Å²) in [6.07, 6.45) is 8.72. The number of likely N-dealkylation sites (N-methyl/N-ethyl adjacent to an activating group) is 1. The molecule has 1 heterocycles. The molecule has 0 bridgehead atoms. The summed E-state index contributed by atoms with van der Waals surface area (Å²) >= 11 is 0. The highest BCUT2D eigenvalue weighted by Gasteiger charge is 2.36. The van der Waals surface area contributed by atoms with Gasteiger partial charge in [0.15, 0.2) is 5.78 Å². The summed E-state index contributed by atoms with van der Waals surface area (Å²) in [4.78, 5) is 17.3. The van der Waals surface area contributed by atoms with Crippen LogP contribution < -0.4 is 0 Å². The van der Waals surface area contributed by atoms with E-state index in [0.29, 0.717) is 5.78 Å². The van der Waals surface area contributed by atoms with Crippen molar-refractivity contribution in [1.29, 1.82) is 0 Å². The van der Waals surface area contributed by atoms with Crippen LogP contribution in [-0.4, -0.2) is 49.3 Å². The Labute approximate surface area is 123 Å². The molecular formula is C17H28N2O. The molecule has 0 spiro atoms. The van der Waals surface area contributed by atoms with Crippen LogP contribution in [0.4, 0.5) is 0 Å². The molecule has 3 heteroatoms. The first-order chi connectivity index (χ1) is 9.42. The van der Waals surface area contributed by atoms with E-state index >= 15 is 0 Å². The molecule has 112 valence electrons. The summed E-state index contributed by atoms with van der Waals surface area (Å²) in [7, 11) is 4.10. The van der Waals surface area contributed by atoms with Crippen LogP contribution in [0.15, 0.2) is 23.4 Å². The molecule has 0 saturated carbocycles. The molecule has 0 radical (unpaired) electrons. The smallest absolute Gasteiger partial charge is 0.170 e. The minimum absolute atomic E-state index is 0.207. The van der Waals surface area contributed by atoms with Gasteiger partial charge >= 0.3 is 0 Å². The summed E-state index contributed by atoms with van der Waals surface area (Å²) in [5, 5.41) is 0. The zero-order valence-corrected chi connectivity index (χ0v) is 13.4.